The zero-order valence-corrected chi connectivity index (χ0v) is 12.4. The molecule has 1 aliphatic carbocycles. The number of benzene rings is 1. The number of aromatic hydroxyl groups is 1. The summed E-state index contributed by atoms with van der Waals surface area (Å²) < 4.78 is 0.701. The summed E-state index contributed by atoms with van der Waals surface area (Å²) in [5, 5.41) is 21.5. The fourth-order valence-corrected chi connectivity index (χ4v) is 2.86. The third-order valence-electron chi connectivity index (χ3n) is 3.56. The Bertz CT molecular complexity index is 532. The van der Waals surface area contributed by atoms with Crippen molar-refractivity contribution in [3.05, 3.63) is 28.2 Å². The van der Waals surface area contributed by atoms with Crippen molar-refractivity contribution < 1.29 is 19.8 Å². The summed E-state index contributed by atoms with van der Waals surface area (Å²) in [6.07, 6.45) is 2.65. The van der Waals surface area contributed by atoms with Crippen molar-refractivity contribution in [2.45, 2.75) is 31.7 Å². The molecule has 1 fully saturated rings. The number of halogens is 1. The molecule has 1 aromatic carbocycles. The van der Waals surface area contributed by atoms with Crippen LogP contribution in [0.1, 0.15) is 36.0 Å². The Balaban J connectivity index is 2.04. The van der Waals surface area contributed by atoms with E-state index in [-0.39, 0.29) is 23.3 Å². The van der Waals surface area contributed by atoms with Crippen LogP contribution in [0.3, 0.4) is 0 Å². The Morgan fingerprint density at radius 2 is 2.05 bits per heavy atom. The molecule has 2 atom stereocenters. The number of phenols is 1. The van der Waals surface area contributed by atoms with Gasteiger partial charge in [0.1, 0.15) is 5.75 Å². The van der Waals surface area contributed by atoms with Gasteiger partial charge in [-0.3, -0.25) is 9.59 Å². The Morgan fingerprint density at radius 1 is 1.30 bits per heavy atom. The molecule has 0 saturated heterocycles. The maximum Gasteiger partial charge on any atom is 0.306 e. The summed E-state index contributed by atoms with van der Waals surface area (Å²) in [6.45, 7) is 0. The van der Waals surface area contributed by atoms with E-state index in [0.717, 1.165) is 12.8 Å². The highest BCUT2D eigenvalue weighted by Gasteiger charge is 2.28. The topological polar surface area (TPSA) is 86.6 Å². The van der Waals surface area contributed by atoms with E-state index in [0.29, 0.717) is 17.3 Å². The van der Waals surface area contributed by atoms with Crippen LogP contribution in [0.5, 0.6) is 5.75 Å². The second kappa shape index (κ2) is 6.26. The average Bonchev–Trinajstić information content (AvgIpc) is 2.41. The monoisotopic (exact) mass is 341 g/mol. The minimum Gasteiger partial charge on any atom is -0.507 e. The molecular formula is C14H16BrNO4. The van der Waals surface area contributed by atoms with E-state index in [1.54, 1.807) is 12.1 Å². The molecule has 0 radical (unpaired) electrons. The van der Waals surface area contributed by atoms with Gasteiger partial charge in [-0.15, -0.1) is 0 Å². The summed E-state index contributed by atoms with van der Waals surface area (Å²) in [6, 6.07) is 4.48. The first-order valence-corrected chi connectivity index (χ1v) is 7.29. The lowest BCUT2D eigenvalue weighted by Crippen LogP contribution is -2.39. The van der Waals surface area contributed by atoms with Crippen LogP contribution in [-0.4, -0.2) is 28.1 Å². The van der Waals surface area contributed by atoms with E-state index >= 15 is 0 Å². The first-order chi connectivity index (χ1) is 9.47. The van der Waals surface area contributed by atoms with Gasteiger partial charge in [0.25, 0.3) is 5.91 Å². The van der Waals surface area contributed by atoms with Gasteiger partial charge in [-0.2, -0.15) is 0 Å². The third kappa shape index (κ3) is 3.50. The van der Waals surface area contributed by atoms with E-state index < -0.39 is 11.9 Å². The zero-order chi connectivity index (χ0) is 14.7. The number of phenolic OH excluding ortho intramolecular Hbond substituents is 1. The average molecular weight is 342 g/mol. The molecule has 2 rings (SSSR count). The zero-order valence-electron chi connectivity index (χ0n) is 10.8. The Hall–Kier alpha value is -1.56. The van der Waals surface area contributed by atoms with Crippen molar-refractivity contribution in [1.82, 2.24) is 5.32 Å². The number of carbonyl (C=O) groups excluding carboxylic acids is 1. The van der Waals surface area contributed by atoms with Crippen molar-refractivity contribution in [3.8, 4) is 5.75 Å². The first kappa shape index (κ1) is 14.8. The molecule has 0 aliphatic heterocycles. The molecule has 1 aliphatic rings. The number of hydrogen-bond donors (Lipinski definition) is 3. The van der Waals surface area contributed by atoms with Gasteiger partial charge in [-0.1, -0.05) is 22.4 Å². The van der Waals surface area contributed by atoms with E-state index in [1.165, 1.54) is 6.07 Å². The fraction of sp³-hybridized carbons (Fsp3) is 0.429. The molecule has 20 heavy (non-hydrogen) atoms. The lowest BCUT2D eigenvalue weighted by molar-refractivity contribution is -0.143. The smallest absolute Gasteiger partial charge is 0.306 e. The van der Waals surface area contributed by atoms with Crippen molar-refractivity contribution in [1.29, 1.82) is 0 Å². The van der Waals surface area contributed by atoms with Gasteiger partial charge in [0.2, 0.25) is 0 Å². The van der Waals surface area contributed by atoms with Crippen LogP contribution in [-0.2, 0) is 4.79 Å². The number of carboxylic acids is 1. The molecule has 0 spiro atoms. The Kier molecular flexibility index (Phi) is 4.65. The Labute approximate surface area is 125 Å². The van der Waals surface area contributed by atoms with Crippen LogP contribution in [0, 0.1) is 5.92 Å². The minimum atomic E-state index is -0.811. The fourth-order valence-electron chi connectivity index (χ4n) is 2.50. The van der Waals surface area contributed by atoms with E-state index in [4.69, 9.17) is 5.11 Å². The number of nitrogens with one attached hydrogen (secondary N) is 1. The number of carbonyl (C=O) groups is 2. The summed E-state index contributed by atoms with van der Waals surface area (Å²) in [7, 11) is 0. The lowest BCUT2D eigenvalue weighted by atomic mass is 9.85. The highest BCUT2D eigenvalue weighted by Crippen LogP contribution is 2.26. The van der Waals surface area contributed by atoms with Crippen LogP contribution in [0.25, 0.3) is 0 Å². The molecule has 2 unspecified atom stereocenters. The summed E-state index contributed by atoms with van der Waals surface area (Å²) in [4.78, 5) is 23.1. The SMILES string of the molecule is O=C(NC1CCCC(C(=O)O)C1)c1cc(Br)ccc1O. The normalized spacial score (nSPS) is 22.2. The molecule has 6 heteroatoms. The maximum atomic E-state index is 12.1. The molecule has 1 aromatic rings. The van der Waals surface area contributed by atoms with Crippen LogP contribution < -0.4 is 5.32 Å². The summed E-state index contributed by atoms with van der Waals surface area (Å²) in [5.74, 6) is -1.67. The van der Waals surface area contributed by atoms with Crippen molar-refractivity contribution in [3.63, 3.8) is 0 Å². The molecule has 1 amide bonds. The van der Waals surface area contributed by atoms with E-state index in [1.807, 2.05) is 0 Å². The van der Waals surface area contributed by atoms with Gasteiger partial charge in [0.05, 0.1) is 11.5 Å². The minimum absolute atomic E-state index is 0.0868. The predicted octanol–water partition coefficient (Wildman–Crippen LogP) is 2.53. The molecule has 0 bridgehead atoms. The molecule has 108 valence electrons. The lowest BCUT2D eigenvalue weighted by Gasteiger charge is -2.27. The second-order valence-corrected chi connectivity index (χ2v) is 5.95. The molecule has 0 aromatic heterocycles. The van der Waals surface area contributed by atoms with Gasteiger partial charge >= 0.3 is 5.97 Å². The second-order valence-electron chi connectivity index (χ2n) is 5.03. The van der Waals surface area contributed by atoms with Crippen molar-refractivity contribution in [2.75, 3.05) is 0 Å². The largest absolute Gasteiger partial charge is 0.507 e. The number of rotatable bonds is 3. The number of hydrogen-bond acceptors (Lipinski definition) is 3. The van der Waals surface area contributed by atoms with Crippen molar-refractivity contribution >= 4 is 27.8 Å². The highest BCUT2D eigenvalue weighted by molar-refractivity contribution is 9.10. The molecule has 1 saturated carbocycles. The van der Waals surface area contributed by atoms with E-state index in [9.17, 15) is 14.7 Å². The van der Waals surface area contributed by atoms with Crippen molar-refractivity contribution in [2.24, 2.45) is 5.92 Å². The molecular weight excluding hydrogens is 326 g/mol. The quantitative estimate of drug-likeness (QED) is 0.788. The summed E-state index contributed by atoms with van der Waals surface area (Å²) >= 11 is 3.25. The Morgan fingerprint density at radius 3 is 2.75 bits per heavy atom. The van der Waals surface area contributed by atoms with Crippen LogP contribution in [0.15, 0.2) is 22.7 Å². The molecule has 3 N–H and O–H groups in total. The van der Waals surface area contributed by atoms with Crippen LogP contribution in [0.4, 0.5) is 0 Å². The number of amides is 1. The molecule has 0 heterocycles. The van der Waals surface area contributed by atoms with Gasteiger partial charge < -0.3 is 15.5 Å². The standard InChI is InChI=1S/C14H16BrNO4/c15-9-4-5-12(17)11(7-9)13(18)16-10-3-1-2-8(6-10)14(19)20/h4-5,7-8,10,17H,1-3,6H2,(H,16,18)(H,19,20). The van der Waals surface area contributed by atoms with Crippen LogP contribution >= 0.6 is 15.9 Å². The number of carboxylic acid groups (broad SMARTS) is 1. The maximum absolute atomic E-state index is 12.1. The van der Waals surface area contributed by atoms with Crippen LogP contribution in [0.2, 0.25) is 0 Å². The van der Waals surface area contributed by atoms with Gasteiger partial charge in [0, 0.05) is 10.5 Å². The van der Waals surface area contributed by atoms with E-state index in [2.05, 4.69) is 21.2 Å². The highest BCUT2D eigenvalue weighted by atomic mass is 79.9. The number of aliphatic carboxylic acids is 1. The predicted molar refractivity (Wildman–Crippen MR) is 76.7 cm³/mol. The van der Waals surface area contributed by atoms with Gasteiger partial charge in [-0.25, -0.2) is 0 Å². The summed E-state index contributed by atoms with van der Waals surface area (Å²) in [5.41, 5.74) is 0.192. The third-order valence-corrected chi connectivity index (χ3v) is 4.06. The van der Waals surface area contributed by atoms with Gasteiger partial charge in [0.15, 0.2) is 0 Å². The van der Waals surface area contributed by atoms with Gasteiger partial charge in [-0.05, 0) is 37.5 Å². The molecule has 5 nitrogen and oxygen atoms in total. The first-order valence-electron chi connectivity index (χ1n) is 6.49.